The topological polar surface area (TPSA) is 52.6 Å². The van der Waals surface area contributed by atoms with Crippen molar-refractivity contribution in [3.63, 3.8) is 0 Å². The van der Waals surface area contributed by atoms with Gasteiger partial charge in [0.1, 0.15) is 18.1 Å². The number of hydrogen-bond acceptors (Lipinski definition) is 4. The highest BCUT2D eigenvalue weighted by molar-refractivity contribution is 6.20. The van der Waals surface area contributed by atoms with Gasteiger partial charge in [-0.05, 0) is 35.0 Å². The third-order valence-corrected chi connectivity index (χ3v) is 4.82. The molecule has 126 valence electrons. The number of allylic oxidation sites excluding steroid dienone is 1. The van der Waals surface area contributed by atoms with Gasteiger partial charge in [0, 0.05) is 0 Å². The predicted octanol–water partition coefficient (Wildman–Crippen LogP) is 4.19. The van der Waals surface area contributed by atoms with Crippen molar-refractivity contribution in [3.8, 4) is 11.5 Å². The third kappa shape index (κ3) is 2.15. The van der Waals surface area contributed by atoms with Crippen molar-refractivity contribution in [3.05, 3.63) is 83.6 Å². The zero-order chi connectivity index (χ0) is 17.7. The van der Waals surface area contributed by atoms with Gasteiger partial charge in [-0.25, -0.2) is 0 Å². The summed E-state index contributed by atoms with van der Waals surface area (Å²) >= 11 is 0. The van der Waals surface area contributed by atoms with E-state index in [1.54, 1.807) is 30.3 Å². The average molecular weight is 342 g/mol. The van der Waals surface area contributed by atoms with Crippen molar-refractivity contribution in [1.82, 2.24) is 0 Å². The molecule has 0 saturated carbocycles. The van der Waals surface area contributed by atoms with Crippen LogP contribution >= 0.6 is 0 Å². The van der Waals surface area contributed by atoms with Crippen LogP contribution in [-0.2, 0) is 0 Å². The molecule has 4 nitrogen and oxygen atoms in total. The number of Topliss-reactive ketones (excluding diaryl/α,β-unsaturated/α-hetero) is 2. The maximum atomic E-state index is 12.9. The van der Waals surface area contributed by atoms with E-state index >= 15 is 0 Å². The van der Waals surface area contributed by atoms with E-state index in [2.05, 4.69) is 0 Å². The lowest BCUT2D eigenvalue weighted by molar-refractivity contribution is 0.0870. The van der Waals surface area contributed by atoms with Gasteiger partial charge in [0.15, 0.2) is 11.5 Å². The Morgan fingerprint density at radius 1 is 0.885 bits per heavy atom. The number of fused-ring (bicyclic) bond motifs is 4. The quantitative estimate of drug-likeness (QED) is 0.622. The summed E-state index contributed by atoms with van der Waals surface area (Å²) < 4.78 is 11.4. The van der Waals surface area contributed by atoms with E-state index in [-0.39, 0.29) is 23.9 Å². The van der Waals surface area contributed by atoms with E-state index in [4.69, 9.17) is 9.47 Å². The van der Waals surface area contributed by atoms with Crippen LogP contribution in [0, 0.1) is 5.92 Å². The summed E-state index contributed by atoms with van der Waals surface area (Å²) in [5.74, 6) is 0.520. The summed E-state index contributed by atoms with van der Waals surface area (Å²) in [4.78, 5) is 25.6. The van der Waals surface area contributed by atoms with Crippen molar-refractivity contribution >= 4 is 22.3 Å². The molecule has 3 aromatic carbocycles. The van der Waals surface area contributed by atoms with Gasteiger partial charge in [-0.15, -0.1) is 0 Å². The number of hydrogen-bond donors (Lipinski definition) is 0. The lowest BCUT2D eigenvalue weighted by Gasteiger charge is -2.21. The fraction of sp³-hybridized carbons (Fsp3) is 0.0909. The SMILES string of the molecule is O=C1/C(=C/C2COc3ccccc3C2=O)Oc2ccc3ccccc3c21. The van der Waals surface area contributed by atoms with Crippen LogP contribution in [0.2, 0.25) is 0 Å². The molecular weight excluding hydrogens is 328 g/mol. The molecule has 0 saturated heterocycles. The van der Waals surface area contributed by atoms with Gasteiger partial charge in [0.2, 0.25) is 5.78 Å². The Balaban J connectivity index is 1.53. The zero-order valence-electron chi connectivity index (χ0n) is 13.8. The second-order valence-corrected chi connectivity index (χ2v) is 6.40. The maximum absolute atomic E-state index is 12.9. The molecule has 2 aliphatic heterocycles. The van der Waals surface area contributed by atoms with Crippen LogP contribution in [0.3, 0.4) is 0 Å². The predicted molar refractivity (Wildman–Crippen MR) is 96.7 cm³/mol. The van der Waals surface area contributed by atoms with Crippen LogP contribution in [-0.4, -0.2) is 18.2 Å². The standard InChI is InChI=1S/C22H14O4/c23-21-14(12-25-17-8-4-3-7-16(17)21)11-19-22(24)20-15-6-2-1-5-13(15)9-10-18(20)26-19/h1-11,14H,12H2/b19-11-. The Kier molecular flexibility index (Phi) is 3.19. The van der Waals surface area contributed by atoms with Gasteiger partial charge < -0.3 is 9.47 Å². The number of ketones is 2. The van der Waals surface area contributed by atoms with E-state index < -0.39 is 5.92 Å². The Morgan fingerprint density at radius 3 is 2.62 bits per heavy atom. The number of ether oxygens (including phenoxy) is 2. The molecule has 0 aliphatic carbocycles. The van der Waals surface area contributed by atoms with Gasteiger partial charge >= 0.3 is 0 Å². The molecule has 26 heavy (non-hydrogen) atoms. The molecule has 2 aliphatic rings. The lowest BCUT2D eigenvalue weighted by atomic mass is 9.93. The van der Waals surface area contributed by atoms with Crippen LogP contribution < -0.4 is 9.47 Å². The fourth-order valence-electron chi connectivity index (χ4n) is 3.53. The fourth-order valence-corrected chi connectivity index (χ4v) is 3.53. The Bertz CT molecular complexity index is 1110. The third-order valence-electron chi connectivity index (χ3n) is 4.82. The van der Waals surface area contributed by atoms with E-state index in [0.29, 0.717) is 22.6 Å². The second kappa shape index (κ2) is 5.56. The molecule has 0 radical (unpaired) electrons. The number of rotatable bonds is 1. The smallest absolute Gasteiger partial charge is 0.232 e. The van der Waals surface area contributed by atoms with E-state index in [0.717, 1.165) is 10.8 Å². The Hall–Kier alpha value is -3.40. The molecule has 0 fully saturated rings. The molecule has 0 spiro atoms. The summed E-state index contributed by atoms with van der Waals surface area (Å²) in [5, 5.41) is 1.84. The van der Waals surface area contributed by atoms with Crippen LogP contribution in [0.15, 0.2) is 72.5 Å². The summed E-state index contributed by atoms with van der Waals surface area (Å²) in [6, 6.07) is 18.6. The van der Waals surface area contributed by atoms with Gasteiger partial charge in [0.05, 0.1) is 17.0 Å². The highest BCUT2D eigenvalue weighted by Gasteiger charge is 2.33. The molecule has 1 unspecified atom stereocenters. The van der Waals surface area contributed by atoms with Crippen LogP contribution in [0.1, 0.15) is 20.7 Å². The van der Waals surface area contributed by atoms with Crippen LogP contribution in [0.5, 0.6) is 11.5 Å². The molecule has 0 N–H and O–H groups in total. The Labute approximate surface area is 149 Å². The first-order valence-corrected chi connectivity index (χ1v) is 8.44. The van der Waals surface area contributed by atoms with Crippen molar-refractivity contribution in [1.29, 1.82) is 0 Å². The molecule has 1 atom stereocenters. The van der Waals surface area contributed by atoms with Gasteiger partial charge in [-0.3, -0.25) is 9.59 Å². The number of para-hydroxylation sites is 1. The molecule has 4 heteroatoms. The van der Waals surface area contributed by atoms with Crippen molar-refractivity contribution in [2.75, 3.05) is 6.61 Å². The number of benzene rings is 3. The largest absolute Gasteiger partial charge is 0.492 e. The van der Waals surface area contributed by atoms with Gasteiger partial charge in [0.25, 0.3) is 0 Å². The van der Waals surface area contributed by atoms with Crippen molar-refractivity contribution in [2.24, 2.45) is 5.92 Å². The van der Waals surface area contributed by atoms with Crippen molar-refractivity contribution < 1.29 is 19.1 Å². The monoisotopic (exact) mass is 342 g/mol. The lowest BCUT2D eigenvalue weighted by Crippen LogP contribution is -2.27. The molecule has 0 aromatic heterocycles. The summed E-state index contributed by atoms with van der Waals surface area (Å²) in [6.07, 6.45) is 1.59. The normalized spacial score (nSPS) is 19.8. The Morgan fingerprint density at radius 2 is 1.69 bits per heavy atom. The average Bonchev–Trinajstić information content (AvgIpc) is 3.00. The second-order valence-electron chi connectivity index (χ2n) is 6.40. The van der Waals surface area contributed by atoms with Crippen molar-refractivity contribution in [2.45, 2.75) is 0 Å². The number of carbonyl (C=O) groups excluding carboxylic acids is 2. The highest BCUT2D eigenvalue weighted by Crippen LogP contribution is 2.37. The van der Waals surface area contributed by atoms with Crippen LogP contribution in [0.4, 0.5) is 0 Å². The molecule has 5 rings (SSSR count). The van der Waals surface area contributed by atoms with Gasteiger partial charge in [-0.1, -0.05) is 42.5 Å². The molecule has 2 heterocycles. The minimum atomic E-state index is -0.538. The zero-order valence-corrected chi connectivity index (χ0v) is 13.8. The first-order chi connectivity index (χ1) is 12.7. The summed E-state index contributed by atoms with van der Waals surface area (Å²) in [5.41, 5.74) is 1.09. The maximum Gasteiger partial charge on any atom is 0.232 e. The molecule has 0 bridgehead atoms. The summed E-state index contributed by atoms with van der Waals surface area (Å²) in [7, 11) is 0. The molecular formula is C22H14O4. The minimum absolute atomic E-state index is 0.0587. The first-order valence-electron chi connectivity index (χ1n) is 8.44. The van der Waals surface area contributed by atoms with E-state index in [1.807, 2.05) is 36.4 Å². The van der Waals surface area contributed by atoms with E-state index in [9.17, 15) is 9.59 Å². The molecule has 3 aromatic rings. The van der Waals surface area contributed by atoms with Gasteiger partial charge in [-0.2, -0.15) is 0 Å². The first kappa shape index (κ1) is 14.9. The van der Waals surface area contributed by atoms with Crippen LogP contribution in [0.25, 0.3) is 10.8 Å². The highest BCUT2D eigenvalue weighted by atomic mass is 16.5. The molecule has 0 amide bonds. The minimum Gasteiger partial charge on any atom is -0.492 e. The van der Waals surface area contributed by atoms with E-state index in [1.165, 1.54) is 0 Å². The summed E-state index contributed by atoms with van der Waals surface area (Å²) in [6.45, 7) is 0.201. The number of carbonyl (C=O) groups is 2.